The lowest BCUT2D eigenvalue weighted by Crippen LogP contribution is -2.33. The molecule has 1 N–H and O–H groups in total. The Morgan fingerprint density at radius 3 is 2.26 bits per heavy atom. The first-order valence-electron chi connectivity index (χ1n) is 11.1. The van der Waals surface area contributed by atoms with Gasteiger partial charge >= 0.3 is 5.97 Å². The van der Waals surface area contributed by atoms with Crippen molar-refractivity contribution >= 4 is 34.9 Å². The highest BCUT2D eigenvalue weighted by Gasteiger charge is 2.14. The van der Waals surface area contributed by atoms with Gasteiger partial charge in [-0.25, -0.2) is 10.2 Å². The first-order valence-corrected chi connectivity index (χ1v) is 11.1. The van der Waals surface area contributed by atoms with Crippen LogP contribution in [0, 0.1) is 0 Å². The normalized spacial score (nSPS) is 12.0. The fraction of sp³-hybridized carbons (Fsp3) is 0.0690. The molecule has 0 heterocycles. The number of amides is 1. The van der Waals surface area contributed by atoms with Crippen LogP contribution < -0.4 is 14.9 Å². The summed E-state index contributed by atoms with van der Waals surface area (Å²) in [6.45, 7) is 1.66. The van der Waals surface area contributed by atoms with Crippen molar-refractivity contribution in [2.75, 3.05) is 0 Å². The maximum absolute atomic E-state index is 12.3. The number of nitrogens with one attached hydrogen (secondary N) is 1. The maximum atomic E-state index is 12.3. The second-order valence-electron chi connectivity index (χ2n) is 7.74. The van der Waals surface area contributed by atoms with Crippen LogP contribution in [0.5, 0.6) is 11.5 Å². The van der Waals surface area contributed by atoms with Crippen molar-refractivity contribution in [3.8, 4) is 11.5 Å². The molecule has 4 rings (SSSR count). The smallest absolute Gasteiger partial charge is 0.336 e. The largest absolute Gasteiger partial charge is 0.481 e. The predicted octanol–water partition coefficient (Wildman–Crippen LogP) is 5.38. The molecule has 1 atom stereocenters. The average Bonchev–Trinajstić information content (AvgIpc) is 2.89. The van der Waals surface area contributed by atoms with Crippen LogP contribution in [0.4, 0.5) is 0 Å². The molecule has 0 bridgehead atoms. The summed E-state index contributed by atoms with van der Waals surface area (Å²) < 4.78 is 11.0. The van der Waals surface area contributed by atoms with Gasteiger partial charge in [0.1, 0.15) is 11.5 Å². The lowest BCUT2D eigenvalue weighted by atomic mass is 10.1. The minimum atomic E-state index is -0.723. The van der Waals surface area contributed by atoms with Crippen LogP contribution in [0.2, 0.25) is 0 Å². The molecule has 4 aromatic carbocycles. The molecular weight excluding hydrogens is 440 g/mol. The molecule has 4 aromatic rings. The first kappa shape index (κ1) is 23.4. The number of benzene rings is 4. The van der Waals surface area contributed by atoms with E-state index in [0.717, 1.165) is 21.9 Å². The summed E-state index contributed by atoms with van der Waals surface area (Å²) >= 11 is 0. The Hall–Kier alpha value is -4.71. The fourth-order valence-electron chi connectivity index (χ4n) is 3.26. The molecule has 0 aliphatic rings. The Bertz CT molecular complexity index is 1360. The van der Waals surface area contributed by atoms with Gasteiger partial charge in [0.25, 0.3) is 5.91 Å². The van der Waals surface area contributed by atoms with E-state index >= 15 is 0 Å². The molecule has 0 fully saturated rings. The zero-order valence-corrected chi connectivity index (χ0v) is 19.1. The Morgan fingerprint density at radius 1 is 0.800 bits per heavy atom. The minimum Gasteiger partial charge on any atom is -0.481 e. The second-order valence-corrected chi connectivity index (χ2v) is 7.74. The number of carbonyl (C=O) groups excluding carboxylic acids is 2. The van der Waals surface area contributed by atoms with Gasteiger partial charge in [0.2, 0.25) is 0 Å². The lowest BCUT2D eigenvalue weighted by Gasteiger charge is -2.13. The molecular formula is C29H24N2O4. The Morgan fingerprint density at radius 2 is 1.49 bits per heavy atom. The number of esters is 1. The third kappa shape index (κ3) is 6.88. The molecule has 0 aromatic heterocycles. The summed E-state index contributed by atoms with van der Waals surface area (Å²) in [5.74, 6) is 0.179. The van der Waals surface area contributed by atoms with E-state index in [1.165, 1.54) is 12.3 Å². The van der Waals surface area contributed by atoms with Gasteiger partial charge < -0.3 is 9.47 Å². The maximum Gasteiger partial charge on any atom is 0.336 e. The molecule has 0 aliphatic carbocycles. The highest BCUT2D eigenvalue weighted by atomic mass is 16.5. The van der Waals surface area contributed by atoms with Gasteiger partial charge in [0.15, 0.2) is 6.10 Å². The van der Waals surface area contributed by atoms with E-state index in [1.54, 1.807) is 37.3 Å². The van der Waals surface area contributed by atoms with Crippen LogP contribution in [-0.2, 0) is 9.59 Å². The van der Waals surface area contributed by atoms with Gasteiger partial charge in [0, 0.05) is 6.08 Å². The monoisotopic (exact) mass is 464 g/mol. The molecule has 0 saturated carbocycles. The van der Waals surface area contributed by atoms with Crippen LogP contribution in [-0.4, -0.2) is 24.2 Å². The summed E-state index contributed by atoms with van der Waals surface area (Å²) in [7, 11) is 0. The van der Waals surface area contributed by atoms with E-state index in [2.05, 4.69) is 10.5 Å². The van der Waals surface area contributed by atoms with E-state index < -0.39 is 12.1 Å². The standard InChI is InChI=1S/C29H24N2O4/c1-21(34-27-17-14-24-9-5-6-10-25(24)19-27)29(33)31-30-20-23-11-15-26(16-12-23)35-28(32)18-13-22-7-3-2-4-8-22/h2-21H,1H3,(H,31,33)/b18-13+,30-20+. The number of carbonyl (C=O) groups is 2. The zero-order valence-electron chi connectivity index (χ0n) is 19.1. The summed E-state index contributed by atoms with van der Waals surface area (Å²) in [6, 6.07) is 29.9. The Labute approximate surface area is 203 Å². The number of nitrogens with zero attached hydrogens (tertiary/aromatic N) is 1. The highest BCUT2D eigenvalue weighted by molar-refractivity contribution is 5.89. The van der Waals surface area contributed by atoms with E-state index in [0.29, 0.717) is 11.5 Å². The number of hydrogen-bond donors (Lipinski definition) is 1. The third-order valence-corrected chi connectivity index (χ3v) is 5.10. The molecule has 1 unspecified atom stereocenters. The topological polar surface area (TPSA) is 77.0 Å². The summed E-state index contributed by atoms with van der Waals surface area (Å²) in [5.41, 5.74) is 4.12. The summed E-state index contributed by atoms with van der Waals surface area (Å²) in [6.07, 6.45) is 3.85. The zero-order chi connectivity index (χ0) is 24.5. The minimum absolute atomic E-state index is 0.370. The van der Waals surface area contributed by atoms with Crippen molar-refractivity contribution in [1.29, 1.82) is 0 Å². The van der Waals surface area contributed by atoms with Crippen molar-refractivity contribution in [3.05, 3.63) is 114 Å². The van der Waals surface area contributed by atoms with Crippen molar-refractivity contribution in [2.24, 2.45) is 5.10 Å². The summed E-state index contributed by atoms with van der Waals surface area (Å²) in [5, 5.41) is 6.13. The van der Waals surface area contributed by atoms with E-state index in [9.17, 15) is 9.59 Å². The van der Waals surface area contributed by atoms with E-state index in [4.69, 9.17) is 9.47 Å². The van der Waals surface area contributed by atoms with Gasteiger partial charge in [-0.1, -0.05) is 60.7 Å². The molecule has 0 radical (unpaired) electrons. The SMILES string of the molecule is CC(Oc1ccc2ccccc2c1)C(=O)N/N=C/c1ccc(OC(=O)/C=C/c2ccccc2)cc1. The number of hydrazone groups is 1. The quantitative estimate of drug-likeness (QED) is 0.125. The third-order valence-electron chi connectivity index (χ3n) is 5.10. The average molecular weight is 465 g/mol. The van der Waals surface area contributed by atoms with Crippen molar-refractivity contribution in [2.45, 2.75) is 13.0 Å². The second kappa shape index (κ2) is 11.4. The number of ether oxygens (including phenoxy) is 2. The van der Waals surface area contributed by atoms with Crippen molar-refractivity contribution in [3.63, 3.8) is 0 Å². The van der Waals surface area contributed by atoms with Crippen molar-refractivity contribution < 1.29 is 19.1 Å². The fourth-order valence-corrected chi connectivity index (χ4v) is 3.26. The number of fused-ring (bicyclic) bond motifs is 1. The predicted molar refractivity (Wildman–Crippen MR) is 137 cm³/mol. The molecule has 6 nitrogen and oxygen atoms in total. The molecule has 1 amide bonds. The van der Waals surface area contributed by atoms with Crippen molar-refractivity contribution in [1.82, 2.24) is 5.43 Å². The molecule has 0 spiro atoms. The van der Waals surface area contributed by atoms with Crippen LogP contribution in [0.15, 0.2) is 108 Å². The number of rotatable bonds is 8. The highest BCUT2D eigenvalue weighted by Crippen LogP contribution is 2.21. The first-order chi connectivity index (χ1) is 17.1. The van der Waals surface area contributed by atoms with E-state index in [1.807, 2.05) is 72.8 Å². The summed E-state index contributed by atoms with van der Waals surface area (Å²) in [4.78, 5) is 24.3. The molecule has 174 valence electrons. The van der Waals surface area contributed by atoms with Gasteiger partial charge in [-0.3, -0.25) is 4.79 Å². The van der Waals surface area contributed by atoms with Crippen LogP contribution in [0.1, 0.15) is 18.1 Å². The van der Waals surface area contributed by atoms with Gasteiger partial charge in [-0.2, -0.15) is 5.10 Å². The van der Waals surface area contributed by atoms with Crippen LogP contribution in [0.3, 0.4) is 0 Å². The number of hydrogen-bond acceptors (Lipinski definition) is 5. The van der Waals surface area contributed by atoms with Crippen LogP contribution in [0.25, 0.3) is 16.8 Å². The van der Waals surface area contributed by atoms with Crippen LogP contribution >= 0.6 is 0 Å². The van der Waals surface area contributed by atoms with E-state index in [-0.39, 0.29) is 5.91 Å². The molecule has 35 heavy (non-hydrogen) atoms. The molecule has 6 heteroatoms. The Kier molecular flexibility index (Phi) is 7.66. The van der Waals surface area contributed by atoms with Gasteiger partial charge in [0.05, 0.1) is 6.21 Å². The van der Waals surface area contributed by atoms with Gasteiger partial charge in [-0.15, -0.1) is 0 Å². The molecule has 0 aliphatic heterocycles. The molecule has 0 saturated heterocycles. The van der Waals surface area contributed by atoms with Gasteiger partial charge in [-0.05, 0) is 71.3 Å². The lowest BCUT2D eigenvalue weighted by molar-refractivity contribution is -0.129. The Balaban J connectivity index is 1.25.